The molecule has 0 aliphatic heterocycles. The fourth-order valence-corrected chi connectivity index (χ4v) is 5.34. The van der Waals surface area contributed by atoms with Crippen LogP contribution in [0.4, 0.5) is 0 Å². The number of esters is 1. The molecule has 3 aromatic rings. The summed E-state index contributed by atoms with van der Waals surface area (Å²) in [7, 11) is 1.30. The number of carbonyl (C=O) groups excluding carboxylic acids is 2. The van der Waals surface area contributed by atoms with Gasteiger partial charge >= 0.3 is 5.97 Å². The van der Waals surface area contributed by atoms with Gasteiger partial charge in [-0.3, -0.25) is 4.79 Å². The zero-order chi connectivity index (χ0) is 23.8. The lowest BCUT2D eigenvalue weighted by Gasteiger charge is -2.34. The van der Waals surface area contributed by atoms with E-state index in [4.69, 9.17) is 9.72 Å². The van der Waals surface area contributed by atoms with Crippen molar-refractivity contribution in [1.29, 1.82) is 0 Å². The summed E-state index contributed by atoms with van der Waals surface area (Å²) in [5.41, 5.74) is 3.48. The van der Waals surface area contributed by atoms with Gasteiger partial charge in [-0.25, -0.2) is 9.78 Å². The molecule has 2 unspecified atom stereocenters. The number of phenolic OH excluding ortho intramolecular Hbond substituents is 1. The van der Waals surface area contributed by atoms with Crippen LogP contribution >= 0.6 is 11.3 Å². The van der Waals surface area contributed by atoms with E-state index in [1.165, 1.54) is 24.0 Å². The van der Waals surface area contributed by atoms with Crippen molar-refractivity contribution in [2.24, 2.45) is 11.3 Å². The van der Waals surface area contributed by atoms with Gasteiger partial charge in [0.05, 0.1) is 12.0 Å². The highest BCUT2D eigenvalue weighted by atomic mass is 32.1. The summed E-state index contributed by atoms with van der Waals surface area (Å²) in [6.07, 6.45) is 3.37. The third-order valence-corrected chi connectivity index (χ3v) is 7.53. The van der Waals surface area contributed by atoms with Gasteiger partial charge < -0.3 is 15.2 Å². The molecule has 1 aliphatic carbocycles. The smallest absolute Gasteiger partial charge is 0.328 e. The molecule has 1 aromatic carbocycles. The van der Waals surface area contributed by atoms with Gasteiger partial charge in [-0.1, -0.05) is 32.9 Å². The van der Waals surface area contributed by atoms with Crippen LogP contribution in [0.15, 0.2) is 36.4 Å². The Balaban J connectivity index is 1.54. The third-order valence-electron chi connectivity index (χ3n) is 6.49. The number of aryl methyl sites for hydroxylation is 1. The number of rotatable bonds is 5. The molecule has 1 aliphatic rings. The Morgan fingerprint density at radius 2 is 1.97 bits per heavy atom. The second kappa shape index (κ2) is 9.14. The van der Waals surface area contributed by atoms with E-state index in [9.17, 15) is 14.7 Å². The predicted octanol–water partition coefficient (Wildman–Crippen LogP) is 4.67. The Morgan fingerprint density at radius 3 is 2.64 bits per heavy atom. The van der Waals surface area contributed by atoms with Gasteiger partial charge in [0.15, 0.2) is 0 Å². The fraction of sp³-hybridized carbons (Fsp3) is 0.423. The number of ether oxygens (including phenoxy) is 1. The number of nitrogens with zero attached hydrogens (tertiary/aromatic N) is 1. The van der Waals surface area contributed by atoms with Crippen LogP contribution in [0.3, 0.4) is 0 Å². The predicted molar refractivity (Wildman–Crippen MR) is 130 cm³/mol. The molecule has 7 heteroatoms. The first-order valence-corrected chi connectivity index (χ1v) is 12.0. The Kier molecular flexibility index (Phi) is 6.43. The van der Waals surface area contributed by atoms with Crippen molar-refractivity contribution in [1.82, 2.24) is 10.3 Å². The summed E-state index contributed by atoms with van der Waals surface area (Å²) in [4.78, 5) is 31.6. The number of phenols is 1. The molecular weight excluding hydrogens is 436 g/mol. The van der Waals surface area contributed by atoms with Gasteiger partial charge in [-0.2, -0.15) is 0 Å². The van der Waals surface area contributed by atoms with Crippen LogP contribution in [-0.4, -0.2) is 35.1 Å². The van der Waals surface area contributed by atoms with Crippen LogP contribution in [0.1, 0.15) is 53.7 Å². The number of carbonyl (C=O) groups is 2. The highest BCUT2D eigenvalue weighted by molar-refractivity contribution is 7.20. The second-order valence-electron chi connectivity index (χ2n) is 9.82. The maximum atomic E-state index is 13.0. The number of hydrogen-bond acceptors (Lipinski definition) is 6. The highest BCUT2D eigenvalue weighted by Crippen LogP contribution is 2.38. The largest absolute Gasteiger partial charge is 0.508 e. The molecule has 0 spiro atoms. The van der Waals surface area contributed by atoms with Crippen LogP contribution in [0.25, 0.3) is 10.2 Å². The van der Waals surface area contributed by atoms with E-state index in [-0.39, 0.29) is 23.5 Å². The van der Waals surface area contributed by atoms with Crippen LogP contribution in [-0.2, 0) is 28.8 Å². The Bertz CT molecular complexity index is 1180. The second-order valence-corrected chi connectivity index (χ2v) is 10.9. The summed E-state index contributed by atoms with van der Waals surface area (Å²) in [5.74, 6) is -0.0740. The zero-order valence-corrected chi connectivity index (χ0v) is 20.3. The lowest BCUT2D eigenvalue weighted by Crippen LogP contribution is -2.42. The lowest BCUT2D eigenvalue weighted by molar-refractivity contribution is -0.142. The number of aromatic nitrogens is 1. The summed E-state index contributed by atoms with van der Waals surface area (Å²) >= 11 is 1.35. The van der Waals surface area contributed by atoms with Gasteiger partial charge in [0.1, 0.15) is 16.6 Å². The van der Waals surface area contributed by atoms with Crippen molar-refractivity contribution in [3.63, 3.8) is 0 Å². The minimum atomic E-state index is -0.828. The van der Waals surface area contributed by atoms with E-state index in [1.807, 2.05) is 6.07 Å². The summed E-state index contributed by atoms with van der Waals surface area (Å²) in [6.45, 7) is 6.87. The Hall–Kier alpha value is -2.93. The minimum absolute atomic E-state index is 0.145. The molecule has 0 saturated carbocycles. The molecule has 0 radical (unpaired) electrons. The average molecular weight is 467 g/mol. The molecule has 2 atom stereocenters. The van der Waals surface area contributed by atoms with E-state index in [0.29, 0.717) is 10.8 Å². The number of methoxy groups -OCH3 is 1. The van der Waals surface area contributed by atoms with E-state index in [0.717, 1.165) is 40.7 Å². The van der Waals surface area contributed by atoms with Crippen molar-refractivity contribution in [3.05, 3.63) is 58.1 Å². The number of nitrogens with one attached hydrogen (secondary N) is 1. The summed E-state index contributed by atoms with van der Waals surface area (Å²) < 4.78 is 4.90. The van der Waals surface area contributed by atoms with E-state index in [2.05, 4.69) is 32.2 Å². The van der Waals surface area contributed by atoms with Crippen LogP contribution in [0.2, 0.25) is 0 Å². The van der Waals surface area contributed by atoms with Gasteiger partial charge in [0.25, 0.3) is 5.91 Å². The maximum Gasteiger partial charge on any atom is 0.328 e. The minimum Gasteiger partial charge on any atom is -0.508 e. The van der Waals surface area contributed by atoms with Gasteiger partial charge in [-0.05, 0) is 66.0 Å². The molecule has 4 rings (SSSR count). The zero-order valence-electron chi connectivity index (χ0n) is 19.5. The third kappa shape index (κ3) is 5.19. The van der Waals surface area contributed by atoms with Crippen molar-refractivity contribution >= 4 is 33.4 Å². The standard InChI is InChI=1S/C26H30N2O4S/c1-26(2,3)18-7-10-20-16(13-18)12-17-14-22(33-24(17)28-20)23(30)27-21(25(31)32-4)11-15-5-8-19(29)9-6-15/h5-6,8-9,12,14,18,21,29H,7,10-11,13H2,1-4H3,(H,27,30). The van der Waals surface area contributed by atoms with Crippen molar-refractivity contribution in [2.75, 3.05) is 7.11 Å². The van der Waals surface area contributed by atoms with E-state index < -0.39 is 12.0 Å². The van der Waals surface area contributed by atoms with Crippen LogP contribution < -0.4 is 5.32 Å². The van der Waals surface area contributed by atoms with Crippen molar-refractivity contribution < 1.29 is 19.4 Å². The summed E-state index contributed by atoms with van der Waals surface area (Å²) in [5, 5.41) is 13.3. The van der Waals surface area contributed by atoms with E-state index in [1.54, 1.807) is 24.3 Å². The maximum absolute atomic E-state index is 13.0. The molecule has 0 saturated heterocycles. The SMILES string of the molecule is COC(=O)C(Cc1ccc(O)cc1)NC(=O)c1cc2cc3c(nc2s1)CCC(C(C)(C)C)C3. The number of amides is 1. The number of thiophene rings is 1. The number of hydrogen-bond donors (Lipinski definition) is 2. The molecule has 2 N–H and O–H groups in total. The van der Waals surface area contributed by atoms with Crippen molar-refractivity contribution in [3.8, 4) is 5.75 Å². The quantitative estimate of drug-likeness (QED) is 0.534. The number of benzene rings is 1. The number of aromatic hydroxyl groups is 1. The number of fused-ring (bicyclic) bond motifs is 2. The molecule has 33 heavy (non-hydrogen) atoms. The van der Waals surface area contributed by atoms with Crippen LogP contribution in [0, 0.1) is 11.3 Å². The molecule has 174 valence electrons. The van der Waals surface area contributed by atoms with Gasteiger partial charge in [0.2, 0.25) is 0 Å². The van der Waals surface area contributed by atoms with Crippen molar-refractivity contribution in [2.45, 2.75) is 52.5 Å². The topological polar surface area (TPSA) is 88.5 Å². The highest BCUT2D eigenvalue weighted by Gasteiger charge is 2.30. The monoisotopic (exact) mass is 466 g/mol. The number of pyridine rings is 1. The summed E-state index contributed by atoms with van der Waals surface area (Å²) in [6, 6.07) is 9.75. The first-order valence-electron chi connectivity index (χ1n) is 11.2. The molecule has 0 fully saturated rings. The lowest BCUT2D eigenvalue weighted by atomic mass is 9.71. The first-order chi connectivity index (χ1) is 15.6. The fourth-order valence-electron chi connectivity index (χ4n) is 4.41. The Morgan fingerprint density at radius 1 is 1.24 bits per heavy atom. The van der Waals surface area contributed by atoms with Gasteiger partial charge in [0, 0.05) is 17.5 Å². The van der Waals surface area contributed by atoms with Crippen LogP contribution in [0.5, 0.6) is 5.75 Å². The molecule has 2 heterocycles. The molecular formula is C26H30N2O4S. The normalized spacial score (nSPS) is 16.8. The Labute approximate surface area is 198 Å². The average Bonchev–Trinajstić information content (AvgIpc) is 3.19. The molecule has 2 aromatic heterocycles. The molecule has 6 nitrogen and oxygen atoms in total. The van der Waals surface area contributed by atoms with Gasteiger partial charge in [-0.15, -0.1) is 11.3 Å². The molecule has 1 amide bonds. The first kappa shape index (κ1) is 23.2. The molecule has 0 bridgehead atoms. The van der Waals surface area contributed by atoms with E-state index >= 15 is 0 Å².